The highest BCUT2D eigenvalue weighted by Gasteiger charge is 2.24. The molecule has 0 saturated heterocycles. The maximum absolute atomic E-state index is 12.4. The number of amides is 1. The molecule has 1 aromatic carbocycles. The SMILES string of the molecule is CN(CC(=O)NC1CCCCC1)S(=O)(=O)c1ccc(C#N)cc1. The number of rotatable bonds is 5. The lowest BCUT2D eigenvalue weighted by molar-refractivity contribution is -0.122. The Morgan fingerprint density at radius 1 is 1.26 bits per heavy atom. The molecule has 0 unspecified atom stereocenters. The Hall–Kier alpha value is -1.91. The zero-order valence-electron chi connectivity index (χ0n) is 13.2. The number of likely N-dealkylation sites (N-methyl/N-ethyl adjacent to an activating group) is 1. The van der Waals surface area contributed by atoms with Gasteiger partial charge >= 0.3 is 0 Å². The van der Waals surface area contributed by atoms with Gasteiger partial charge in [0.15, 0.2) is 0 Å². The van der Waals surface area contributed by atoms with Crippen LogP contribution in [0.2, 0.25) is 0 Å². The zero-order valence-corrected chi connectivity index (χ0v) is 14.0. The first-order valence-electron chi connectivity index (χ1n) is 7.69. The van der Waals surface area contributed by atoms with Gasteiger partial charge in [-0.15, -0.1) is 0 Å². The van der Waals surface area contributed by atoms with E-state index in [1.807, 2.05) is 6.07 Å². The molecule has 0 bridgehead atoms. The Morgan fingerprint density at radius 2 is 1.87 bits per heavy atom. The van der Waals surface area contributed by atoms with Crippen LogP contribution in [0, 0.1) is 11.3 Å². The van der Waals surface area contributed by atoms with E-state index in [1.54, 1.807) is 0 Å². The molecule has 1 N–H and O–H groups in total. The summed E-state index contributed by atoms with van der Waals surface area (Å²) in [7, 11) is -2.35. The highest BCUT2D eigenvalue weighted by atomic mass is 32.2. The van der Waals surface area contributed by atoms with E-state index in [0.29, 0.717) is 5.56 Å². The van der Waals surface area contributed by atoms with Crippen molar-refractivity contribution < 1.29 is 13.2 Å². The average Bonchev–Trinajstić information content (AvgIpc) is 2.55. The van der Waals surface area contributed by atoms with Gasteiger partial charge in [-0.2, -0.15) is 9.57 Å². The molecule has 124 valence electrons. The summed E-state index contributed by atoms with van der Waals surface area (Å²) >= 11 is 0. The molecule has 0 aliphatic heterocycles. The number of benzene rings is 1. The molecule has 0 spiro atoms. The van der Waals surface area contributed by atoms with Crippen LogP contribution in [0.25, 0.3) is 0 Å². The third-order valence-electron chi connectivity index (χ3n) is 4.03. The maximum atomic E-state index is 12.4. The number of nitriles is 1. The van der Waals surface area contributed by atoms with Crippen molar-refractivity contribution in [2.75, 3.05) is 13.6 Å². The molecule has 1 amide bonds. The smallest absolute Gasteiger partial charge is 0.243 e. The fourth-order valence-electron chi connectivity index (χ4n) is 2.69. The van der Waals surface area contributed by atoms with E-state index in [0.717, 1.165) is 30.0 Å². The van der Waals surface area contributed by atoms with Gasteiger partial charge in [0.25, 0.3) is 0 Å². The molecule has 0 atom stereocenters. The van der Waals surface area contributed by atoms with Crippen LogP contribution in [-0.4, -0.2) is 38.3 Å². The van der Waals surface area contributed by atoms with Crippen molar-refractivity contribution in [3.8, 4) is 6.07 Å². The molecule has 0 heterocycles. The second-order valence-electron chi connectivity index (χ2n) is 5.80. The van der Waals surface area contributed by atoms with Crippen molar-refractivity contribution in [3.05, 3.63) is 29.8 Å². The predicted molar refractivity (Wildman–Crippen MR) is 86.0 cm³/mol. The number of hydrogen-bond acceptors (Lipinski definition) is 4. The van der Waals surface area contributed by atoms with Crippen LogP contribution in [0.15, 0.2) is 29.2 Å². The number of nitrogens with one attached hydrogen (secondary N) is 1. The second kappa shape index (κ2) is 7.57. The Bertz CT molecular complexity index is 686. The molecular weight excluding hydrogens is 314 g/mol. The van der Waals surface area contributed by atoms with Crippen LogP contribution in [-0.2, 0) is 14.8 Å². The third kappa shape index (κ3) is 4.53. The minimum absolute atomic E-state index is 0.0736. The number of carbonyl (C=O) groups excluding carboxylic acids is 1. The van der Waals surface area contributed by atoms with E-state index in [2.05, 4.69) is 5.32 Å². The highest BCUT2D eigenvalue weighted by Crippen LogP contribution is 2.18. The zero-order chi connectivity index (χ0) is 16.9. The Kier molecular flexibility index (Phi) is 5.74. The maximum Gasteiger partial charge on any atom is 0.243 e. The summed E-state index contributed by atoms with van der Waals surface area (Å²) in [6, 6.07) is 7.75. The van der Waals surface area contributed by atoms with Gasteiger partial charge in [-0.1, -0.05) is 19.3 Å². The summed E-state index contributed by atoms with van der Waals surface area (Å²) in [5.74, 6) is -0.281. The fraction of sp³-hybridized carbons (Fsp3) is 0.500. The summed E-state index contributed by atoms with van der Waals surface area (Å²) in [5.41, 5.74) is 0.390. The Labute approximate surface area is 137 Å². The molecule has 2 rings (SSSR count). The van der Waals surface area contributed by atoms with Gasteiger partial charge < -0.3 is 5.32 Å². The molecule has 1 saturated carbocycles. The lowest BCUT2D eigenvalue weighted by Gasteiger charge is -2.24. The first-order chi connectivity index (χ1) is 10.9. The largest absolute Gasteiger partial charge is 0.352 e. The van der Waals surface area contributed by atoms with Gasteiger partial charge in [0.1, 0.15) is 0 Å². The van der Waals surface area contributed by atoms with Gasteiger partial charge in [-0.25, -0.2) is 8.42 Å². The van der Waals surface area contributed by atoms with Crippen molar-refractivity contribution in [2.24, 2.45) is 0 Å². The number of sulfonamides is 1. The van der Waals surface area contributed by atoms with Crippen molar-refractivity contribution >= 4 is 15.9 Å². The molecule has 0 aromatic heterocycles. The van der Waals surface area contributed by atoms with E-state index >= 15 is 0 Å². The average molecular weight is 335 g/mol. The molecule has 7 heteroatoms. The molecular formula is C16H21N3O3S. The van der Waals surface area contributed by atoms with Crippen molar-refractivity contribution in [2.45, 2.75) is 43.0 Å². The van der Waals surface area contributed by atoms with Crippen molar-refractivity contribution in [1.82, 2.24) is 9.62 Å². The standard InChI is InChI=1S/C16H21N3O3S/c1-19(12-16(20)18-14-5-3-2-4-6-14)23(21,22)15-9-7-13(11-17)8-10-15/h7-10,14H,2-6,12H2,1H3,(H,18,20). The summed E-state index contributed by atoms with van der Waals surface area (Å²) in [6.45, 7) is -0.209. The molecule has 23 heavy (non-hydrogen) atoms. The lowest BCUT2D eigenvalue weighted by atomic mass is 9.95. The lowest BCUT2D eigenvalue weighted by Crippen LogP contribution is -2.43. The van der Waals surface area contributed by atoms with E-state index in [9.17, 15) is 13.2 Å². The first-order valence-corrected chi connectivity index (χ1v) is 9.13. The molecule has 1 aromatic rings. The Balaban J connectivity index is 1.98. The molecule has 1 fully saturated rings. The molecule has 6 nitrogen and oxygen atoms in total. The molecule has 0 radical (unpaired) electrons. The third-order valence-corrected chi connectivity index (χ3v) is 5.85. The summed E-state index contributed by atoms with van der Waals surface area (Å²) < 4.78 is 25.9. The van der Waals surface area contributed by atoms with E-state index in [1.165, 1.54) is 37.7 Å². The van der Waals surface area contributed by atoms with Gasteiger partial charge in [0.05, 0.1) is 23.1 Å². The van der Waals surface area contributed by atoms with E-state index < -0.39 is 10.0 Å². The summed E-state index contributed by atoms with van der Waals surface area (Å²) in [5, 5.41) is 11.7. The normalized spacial score (nSPS) is 16.0. The van der Waals surface area contributed by atoms with Crippen LogP contribution in [0.4, 0.5) is 0 Å². The van der Waals surface area contributed by atoms with Gasteiger partial charge in [0, 0.05) is 13.1 Å². The fourth-order valence-corrected chi connectivity index (χ4v) is 3.82. The van der Waals surface area contributed by atoms with Crippen LogP contribution in [0.1, 0.15) is 37.7 Å². The van der Waals surface area contributed by atoms with Crippen LogP contribution < -0.4 is 5.32 Å². The Morgan fingerprint density at radius 3 is 2.43 bits per heavy atom. The topological polar surface area (TPSA) is 90.3 Å². The molecule has 1 aliphatic rings. The minimum atomic E-state index is -3.74. The van der Waals surface area contributed by atoms with Crippen LogP contribution >= 0.6 is 0 Å². The van der Waals surface area contributed by atoms with Gasteiger partial charge in [-0.05, 0) is 37.1 Å². The highest BCUT2D eigenvalue weighted by molar-refractivity contribution is 7.89. The van der Waals surface area contributed by atoms with Crippen molar-refractivity contribution in [1.29, 1.82) is 5.26 Å². The van der Waals surface area contributed by atoms with E-state index in [-0.39, 0.29) is 23.4 Å². The second-order valence-corrected chi connectivity index (χ2v) is 7.84. The number of nitrogens with zero attached hydrogens (tertiary/aromatic N) is 2. The van der Waals surface area contributed by atoms with Crippen LogP contribution in [0.5, 0.6) is 0 Å². The van der Waals surface area contributed by atoms with Crippen LogP contribution in [0.3, 0.4) is 0 Å². The van der Waals surface area contributed by atoms with Gasteiger partial charge in [-0.3, -0.25) is 4.79 Å². The number of carbonyl (C=O) groups is 1. The van der Waals surface area contributed by atoms with Crippen molar-refractivity contribution in [3.63, 3.8) is 0 Å². The molecule has 1 aliphatic carbocycles. The first kappa shape index (κ1) is 17.4. The predicted octanol–water partition coefficient (Wildman–Crippen LogP) is 1.63. The quantitative estimate of drug-likeness (QED) is 0.885. The minimum Gasteiger partial charge on any atom is -0.352 e. The number of hydrogen-bond donors (Lipinski definition) is 1. The van der Waals surface area contributed by atoms with E-state index in [4.69, 9.17) is 5.26 Å². The summed E-state index contributed by atoms with van der Waals surface area (Å²) in [4.78, 5) is 12.1. The summed E-state index contributed by atoms with van der Waals surface area (Å²) in [6.07, 6.45) is 5.31. The monoisotopic (exact) mass is 335 g/mol. The van der Waals surface area contributed by atoms with Gasteiger partial charge in [0.2, 0.25) is 15.9 Å².